The van der Waals surface area contributed by atoms with Crippen molar-refractivity contribution in [3.05, 3.63) is 53.4 Å². The fourth-order valence-corrected chi connectivity index (χ4v) is 3.84. The Kier molecular flexibility index (Phi) is 5.13. The zero-order valence-electron chi connectivity index (χ0n) is 15.9. The van der Waals surface area contributed by atoms with Crippen molar-refractivity contribution in [3.63, 3.8) is 0 Å². The molecule has 148 valence electrons. The smallest absolute Gasteiger partial charge is 0.287 e. The molecule has 7 nitrogen and oxygen atoms in total. The molecule has 1 fully saturated rings. The zero-order chi connectivity index (χ0) is 19.7. The van der Waals surface area contributed by atoms with Gasteiger partial charge in [0.1, 0.15) is 11.5 Å². The molecule has 3 heterocycles. The maximum atomic E-state index is 13.2. The number of amides is 2. The lowest BCUT2D eigenvalue weighted by atomic mass is 10.1. The molecule has 0 saturated carbocycles. The maximum Gasteiger partial charge on any atom is 0.287 e. The standard InChI is InChI=1S/C20H24FN5O2/c1-2-7-24-8-10-25(11-9-24)20(28)17-13-26-12-16(23-19(27)18(26)22-17)14-3-5-15(21)6-4-14/h3-6,13,16H,2,7-12H2,1H3,(H,23,27). The van der Waals surface area contributed by atoms with Crippen LogP contribution in [0.15, 0.2) is 30.5 Å². The van der Waals surface area contributed by atoms with E-state index >= 15 is 0 Å². The Morgan fingerprint density at radius 2 is 1.93 bits per heavy atom. The first kappa shape index (κ1) is 18.6. The Hall–Kier alpha value is -2.74. The van der Waals surface area contributed by atoms with Gasteiger partial charge in [-0.15, -0.1) is 0 Å². The van der Waals surface area contributed by atoms with Crippen LogP contribution < -0.4 is 5.32 Å². The number of hydrogen-bond acceptors (Lipinski definition) is 4. The third kappa shape index (κ3) is 3.64. The third-order valence-electron chi connectivity index (χ3n) is 5.36. The van der Waals surface area contributed by atoms with E-state index in [9.17, 15) is 14.0 Å². The molecule has 2 amide bonds. The second-order valence-electron chi connectivity index (χ2n) is 7.31. The lowest BCUT2D eigenvalue weighted by molar-refractivity contribution is 0.0632. The van der Waals surface area contributed by atoms with Crippen LogP contribution in [0.4, 0.5) is 4.39 Å². The van der Waals surface area contributed by atoms with E-state index in [1.165, 1.54) is 12.1 Å². The Bertz CT molecular complexity index is 871. The van der Waals surface area contributed by atoms with Gasteiger partial charge in [0.2, 0.25) is 0 Å². The van der Waals surface area contributed by atoms with Crippen LogP contribution in [0.25, 0.3) is 0 Å². The van der Waals surface area contributed by atoms with Crippen LogP contribution in [0.5, 0.6) is 0 Å². The summed E-state index contributed by atoms with van der Waals surface area (Å²) >= 11 is 0. The van der Waals surface area contributed by atoms with Gasteiger partial charge in [-0.05, 0) is 30.7 Å². The highest BCUT2D eigenvalue weighted by Crippen LogP contribution is 2.22. The lowest BCUT2D eigenvalue weighted by Crippen LogP contribution is -2.48. The molecule has 1 atom stereocenters. The fourth-order valence-electron chi connectivity index (χ4n) is 3.84. The normalized spacial score (nSPS) is 20.0. The SMILES string of the molecule is CCCN1CCN(C(=O)c2cn3c(n2)C(=O)NC(c2ccc(F)cc2)C3)CC1. The monoisotopic (exact) mass is 385 g/mol. The minimum atomic E-state index is -0.326. The number of piperazine rings is 1. The van der Waals surface area contributed by atoms with Gasteiger partial charge in [-0.3, -0.25) is 14.5 Å². The van der Waals surface area contributed by atoms with Crippen molar-refractivity contribution in [3.8, 4) is 0 Å². The Balaban J connectivity index is 1.48. The van der Waals surface area contributed by atoms with Crippen LogP contribution >= 0.6 is 0 Å². The first-order chi connectivity index (χ1) is 13.5. The van der Waals surface area contributed by atoms with Crippen LogP contribution in [0.1, 0.15) is 46.1 Å². The number of nitrogens with one attached hydrogen (secondary N) is 1. The highest BCUT2D eigenvalue weighted by molar-refractivity contribution is 5.96. The van der Waals surface area contributed by atoms with Gasteiger partial charge < -0.3 is 14.8 Å². The summed E-state index contributed by atoms with van der Waals surface area (Å²) in [5.41, 5.74) is 1.11. The number of carbonyl (C=O) groups is 2. The number of imidazole rings is 1. The predicted octanol–water partition coefficient (Wildman–Crippen LogP) is 1.67. The van der Waals surface area contributed by atoms with Gasteiger partial charge >= 0.3 is 0 Å². The molecule has 4 rings (SSSR count). The van der Waals surface area contributed by atoms with Crippen molar-refractivity contribution in [2.75, 3.05) is 32.7 Å². The number of aromatic nitrogens is 2. The summed E-state index contributed by atoms with van der Waals surface area (Å²) in [6.45, 7) is 6.72. The molecule has 2 aliphatic heterocycles. The van der Waals surface area contributed by atoms with Crippen molar-refractivity contribution in [2.24, 2.45) is 0 Å². The van der Waals surface area contributed by atoms with Crippen LogP contribution in [0.2, 0.25) is 0 Å². The van der Waals surface area contributed by atoms with E-state index in [-0.39, 0.29) is 29.5 Å². The van der Waals surface area contributed by atoms with Gasteiger partial charge in [-0.25, -0.2) is 9.37 Å². The second kappa shape index (κ2) is 7.71. The van der Waals surface area contributed by atoms with Gasteiger partial charge in [0.25, 0.3) is 11.8 Å². The molecule has 0 spiro atoms. The first-order valence-electron chi connectivity index (χ1n) is 9.70. The van der Waals surface area contributed by atoms with Crippen LogP contribution in [0, 0.1) is 5.82 Å². The van der Waals surface area contributed by atoms with E-state index in [0.717, 1.165) is 31.6 Å². The molecule has 1 unspecified atom stereocenters. The molecule has 0 aliphatic carbocycles. The van der Waals surface area contributed by atoms with Crippen molar-refractivity contribution in [2.45, 2.75) is 25.9 Å². The number of nitrogens with zero attached hydrogens (tertiary/aromatic N) is 4. The molecule has 2 aromatic rings. The number of fused-ring (bicyclic) bond motifs is 1. The quantitative estimate of drug-likeness (QED) is 0.869. The first-order valence-corrected chi connectivity index (χ1v) is 9.70. The van der Waals surface area contributed by atoms with Gasteiger partial charge in [-0.2, -0.15) is 0 Å². The summed E-state index contributed by atoms with van der Waals surface area (Å²) in [7, 11) is 0. The predicted molar refractivity (Wildman–Crippen MR) is 101 cm³/mol. The maximum absolute atomic E-state index is 13.2. The number of carbonyl (C=O) groups excluding carboxylic acids is 2. The number of benzene rings is 1. The van der Waals surface area contributed by atoms with E-state index in [2.05, 4.69) is 22.1 Å². The number of halogens is 1. The van der Waals surface area contributed by atoms with E-state index in [1.807, 2.05) is 0 Å². The molecule has 0 radical (unpaired) electrons. The van der Waals surface area contributed by atoms with Crippen LogP contribution in [0.3, 0.4) is 0 Å². The molecule has 1 aromatic heterocycles. The van der Waals surface area contributed by atoms with Crippen molar-refractivity contribution < 1.29 is 14.0 Å². The Morgan fingerprint density at radius 1 is 1.21 bits per heavy atom. The Morgan fingerprint density at radius 3 is 2.61 bits per heavy atom. The summed E-state index contributed by atoms with van der Waals surface area (Å²) in [6, 6.07) is 5.78. The van der Waals surface area contributed by atoms with Gasteiger partial charge in [-0.1, -0.05) is 19.1 Å². The molecule has 1 N–H and O–H groups in total. The highest BCUT2D eigenvalue weighted by Gasteiger charge is 2.30. The average Bonchev–Trinajstić information content (AvgIpc) is 3.14. The fraction of sp³-hybridized carbons (Fsp3) is 0.450. The average molecular weight is 385 g/mol. The molecule has 1 saturated heterocycles. The molecule has 28 heavy (non-hydrogen) atoms. The van der Waals surface area contributed by atoms with Crippen molar-refractivity contribution in [1.82, 2.24) is 24.7 Å². The van der Waals surface area contributed by atoms with E-state index in [0.29, 0.717) is 25.3 Å². The van der Waals surface area contributed by atoms with Crippen molar-refractivity contribution >= 4 is 11.8 Å². The highest BCUT2D eigenvalue weighted by atomic mass is 19.1. The largest absolute Gasteiger partial charge is 0.341 e. The number of hydrogen-bond donors (Lipinski definition) is 1. The van der Waals surface area contributed by atoms with Gasteiger partial charge in [0.15, 0.2) is 5.82 Å². The number of rotatable bonds is 4. The lowest BCUT2D eigenvalue weighted by Gasteiger charge is -2.34. The summed E-state index contributed by atoms with van der Waals surface area (Å²) in [5, 5.41) is 2.88. The van der Waals surface area contributed by atoms with Crippen molar-refractivity contribution in [1.29, 1.82) is 0 Å². The zero-order valence-corrected chi connectivity index (χ0v) is 15.9. The molecular formula is C20H24FN5O2. The van der Waals surface area contributed by atoms with E-state index < -0.39 is 0 Å². The summed E-state index contributed by atoms with van der Waals surface area (Å²) in [6.07, 6.45) is 2.76. The molecule has 2 aliphatic rings. The van der Waals surface area contributed by atoms with Gasteiger partial charge in [0.05, 0.1) is 6.04 Å². The summed E-state index contributed by atoms with van der Waals surface area (Å²) in [5.74, 6) is -0.538. The third-order valence-corrected chi connectivity index (χ3v) is 5.36. The Labute approximate surface area is 163 Å². The second-order valence-corrected chi connectivity index (χ2v) is 7.31. The topological polar surface area (TPSA) is 70.5 Å². The van der Waals surface area contributed by atoms with Crippen LogP contribution in [-0.2, 0) is 6.54 Å². The molecular weight excluding hydrogens is 361 g/mol. The molecule has 8 heteroatoms. The van der Waals surface area contributed by atoms with Crippen LogP contribution in [-0.4, -0.2) is 63.9 Å². The minimum absolute atomic E-state index is 0.135. The minimum Gasteiger partial charge on any atom is -0.341 e. The summed E-state index contributed by atoms with van der Waals surface area (Å²) in [4.78, 5) is 33.7. The molecule has 0 bridgehead atoms. The van der Waals surface area contributed by atoms with Gasteiger partial charge in [0, 0.05) is 38.9 Å². The van der Waals surface area contributed by atoms with E-state index in [1.54, 1.807) is 27.8 Å². The van der Waals surface area contributed by atoms with E-state index in [4.69, 9.17) is 0 Å². The molecule has 1 aromatic carbocycles. The summed E-state index contributed by atoms with van der Waals surface area (Å²) < 4.78 is 14.9.